The largest absolute Gasteiger partial charge is 0.477 e. The number of nitrogens with zero attached hydrogens (tertiary/aromatic N) is 1. The molecule has 2 atom stereocenters. The monoisotopic (exact) mass is 875 g/mol. The third kappa shape index (κ3) is 42.8. The summed E-state index contributed by atoms with van der Waals surface area (Å²) in [5.41, 5.74) is 0. The molecule has 0 radical (unpaired) electrons. The van der Waals surface area contributed by atoms with Crippen LogP contribution < -0.4 is 0 Å². The number of aliphatic carboxylic acids is 1. The van der Waals surface area contributed by atoms with Crippen LogP contribution in [0.5, 0.6) is 0 Å². The lowest BCUT2D eigenvalue weighted by Crippen LogP contribution is -2.50. The second-order valence-corrected chi connectivity index (χ2v) is 18.8. The normalized spacial score (nSPS) is 13.1. The molecule has 8 heteroatoms. The van der Waals surface area contributed by atoms with E-state index in [2.05, 4.69) is 50.3 Å². The van der Waals surface area contributed by atoms with Gasteiger partial charge in [-0.1, -0.05) is 192 Å². The number of hydrogen-bond donors (Lipinski definition) is 1. The van der Waals surface area contributed by atoms with E-state index in [1.54, 1.807) is 0 Å². The standard InChI is InChI=1S/C54H99NO7/c1-6-8-10-12-14-16-18-20-22-24-26-27-29-30-32-34-36-38-40-42-44-52(56)61-49-50(48-60-47-46-51(54(58)59)55(3,4)5)62-53(57)45-43-41-39-37-35-33-31-28-25-23-21-19-17-15-13-11-9-7-2/h23,25-28,31,50-51H,6-22,24,29-30,32-49H2,1-5H3/p+1/b25-23+,27-26+,31-28+. The Bertz CT molecular complexity index is 1110. The summed E-state index contributed by atoms with van der Waals surface area (Å²) in [5.74, 6) is -1.48. The number of hydrogen-bond acceptors (Lipinski definition) is 6. The molecule has 8 nitrogen and oxygen atoms in total. The number of allylic oxidation sites excluding steroid dienone is 6. The fraction of sp³-hybridized carbons (Fsp3) is 0.833. The predicted octanol–water partition coefficient (Wildman–Crippen LogP) is 15.0. The van der Waals surface area contributed by atoms with Crippen LogP contribution in [0.25, 0.3) is 0 Å². The summed E-state index contributed by atoms with van der Waals surface area (Å²) >= 11 is 0. The first-order chi connectivity index (χ1) is 30.1. The van der Waals surface area contributed by atoms with Crippen molar-refractivity contribution in [1.29, 1.82) is 0 Å². The maximum absolute atomic E-state index is 12.8. The molecule has 0 bridgehead atoms. The molecular weight excluding hydrogens is 775 g/mol. The van der Waals surface area contributed by atoms with Gasteiger partial charge in [0.15, 0.2) is 12.1 Å². The van der Waals surface area contributed by atoms with E-state index in [1.165, 1.54) is 148 Å². The Labute approximate surface area is 383 Å². The summed E-state index contributed by atoms with van der Waals surface area (Å²) in [6.07, 6.45) is 53.3. The molecule has 0 fully saturated rings. The lowest BCUT2D eigenvalue weighted by Gasteiger charge is -2.31. The average Bonchev–Trinajstić information content (AvgIpc) is 3.23. The molecule has 62 heavy (non-hydrogen) atoms. The van der Waals surface area contributed by atoms with Crippen LogP contribution in [0.1, 0.15) is 239 Å². The van der Waals surface area contributed by atoms with E-state index in [0.29, 0.717) is 19.3 Å². The maximum atomic E-state index is 12.8. The number of quaternary nitrogens is 1. The van der Waals surface area contributed by atoms with E-state index < -0.39 is 18.1 Å². The summed E-state index contributed by atoms with van der Waals surface area (Å²) in [6, 6.07) is -0.618. The number of carboxylic acids is 1. The minimum absolute atomic E-state index is 0.0550. The first-order valence-electron chi connectivity index (χ1n) is 26.0. The smallest absolute Gasteiger partial charge is 0.362 e. The lowest BCUT2D eigenvalue weighted by atomic mass is 10.1. The van der Waals surface area contributed by atoms with Crippen LogP contribution in [0.2, 0.25) is 0 Å². The van der Waals surface area contributed by atoms with Crippen molar-refractivity contribution < 1.29 is 38.2 Å². The SMILES string of the molecule is CCCCCCCCC/C=C/C=C/CCCCCCCC(=O)OC(COCCC(C(=O)O)[N+](C)(C)C)COC(=O)CCCCCCCCC/C=C/CCCCCCCCCCC. The van der Waals surface area contributed by atoms with E-state index in [4.69, 9.17) is 14.2 Å². The van der Waals surface area contributed by atoms with E-state index in [9.17, 15) is 19.5 Å². The summed E-state index contributed by atoms with van der Waals surface area (Å²) in [7, 11) is 5.53. The van der Waals surface area contributed by atoms with Crippen LogP contribution in [0, 0.1) is 0 Å². The molecule has 0 saturated heterocycles. The highest BCUT2D eigenvalue weighted by Gasteiger charge is 2.31. The molecule has 0 aromatic carbocycles. The average molecular weight is 875 g/mol. The van der Waals surface area contributed by atoms with Crippen molar-refractivity contribution in [1.82, 2.24) is 0 Å². The van der Waals surface area contributed by atoms with Gasteiger partial charge >= 0.3 is 17.9 Å². The zero-order chi connectivity index (χ0) is 45.6. The Hall–Kier alpha value is -2.45. The molecule has 0 aromatic rings. The molecule has 1 N–H and O–H groups in total. The van der Waals surface area contributed by atoms with Gasteiger partial charge in [0.05, 0.1) is 34.4 Å². The lowest BCUT2D eigenvalue weighted by molar-refractivity contribution is -0.887. The first kappa shape index (κ1) is 59.5. The molecular formula is C54H100NO7+. The van der Waals surface area contributed by atoms with Crippen LogP contribution >= 0.6 is 0 Å². The van der Waals surface area contributed by atoms with Gasteiger partial charge in [0.1, 0.15) is 6.61 Å². The highest BCUT2D eigenvalue weighted by molar-refractivity contribution is 5.72. The van der Waals surface area contributed by atoms with E-state index in [0.717, 1.165) is 57.8 Å². The predicted molar refractivity (Wildman–Crippen MR) is 261 cm³/mol. The van der Waals surface area contributed by atoms with Gasteiger partial charge in [-0.15, -0.1) is 0 Å². The second kappa shape index (κ2) is 45.1. The van der Waals surface area contributed by atoms with Crippen LogP contribution in [-0.2, 0) is 28.6 Å². The number of likely N-dealkylation sites (N-methyl/N-ethyl adjacent to an activating group) is 1. The van der Waals surface area contributed by atoms with Gasteiger partial charge in [-0.2, -0.15) is 0 Å². The number of ether oxygens (including phenoxy) is 3. The topological polar surface area (TPSA) is 99.1 Å². The molecule has 0 aliphatic rings. The molecule has 0 aliphatic carbocycles. The van der Waals surface area contributed by atoms with Crippen molar-refractivity contribution in [3.8, 4) is 0 Å². The molecule has 0 aromatic heterocycles. The Balaban J connectivity index is 4.26. The van der Waals surface area contributed by atoms with E-state index >= 15 is 0 Å². The third-order valence-electron chi connectivity index (χ3n) is 11.8. The minimum Gasteiger partial charge on any atom is -0.477 e. The summed E-state index contributed by atoms with van der Waals surface area (Å²) < 4.78 is 17.3. The summed E-state index contributed by atoms with van der Waals surface area (Å²) in [6.45, 7) is 4.74. The zero-order valence-corrected chi connectivity index (χ0v) is 41.3. The zero-order valence-electron chi connectivity index (χ0n) is 41.3. The van der Waals surface area contributed by atoms with Crippen LogP contribution in [0.15, 0.2) is 36.5 Å². The quantitative estimate of drug-likeness (QED) is 0.0214. The Morgan fingerprint density at radius 1 is 0.484 bits per heavy atom. The molecule has 2 unspecified atom stereocenters. The third-order valence-corrected chi connectivity index (χ3v) is 11.8. The summed E-state index contributed by atoms with van der Waals surface area (Å²) in [5, 5.41) is 9.65. The van der Waals surface area contributed by atoms with Gasteiger partial charge in [0.2, 0.25) is 0 Å². The maximum Gasteiger partial charge on any atom is 0.362 e. The van der Waals surface area contributed by atoms with E-state index in [-0.39, 0.29) is 36.2 Å². The molecule has 0 heterocycles. The van der Waals surface area contributed by atoms with Gasteiger partial charge in [0, 0.05) is 19.3 Å². The second-order valence-electron chi connectivity index (χ2n) is 18.8. The fourth-order valence-electron chi connectivity index (χ4n) is 7.73. The first-order valence-corrected chi connectivity index (χ1v) is 26.0. The minimum atomic E-state index is -0.876. The number of unbranched alkanes of at least 4 members (excludes halogenated alkanes) is 28. The molecule has 0 rings (SSSR count). The molecule has 0 saturated carbocycles. The number of rotatable bonds is 47. The molecule has 0 aliphatic heterocycles. The van der Waals surface area contributed by atoms with Gasteiger partial charge in [-0.25, -0.2) is 4.79 Å². The summed E-state index contributed by atoms with van der Waals surface area (Å²) in [4.78, 5) is 37.2. The number of carbonyl (C=O) groups excluding carboxylic acids is 2. The van der Waals surface area contributed by atoms with Crippen molar-refractivity contribution in [3.05, 3.63) is 36.5 Å². The van der Waals surface area contributed by atoms with Crippen molar-refractivity contribution in [3.63, 3.8) is 0 Å². The van der Waals surface area contributed by atoms with Gasteiger partial charge in [-0.3, -0.25) is 9.59 Å². The van der Waals surface area contributed by atoms with Crippen molar-refractivity contribution in [2.45, 2.75) is 251 Å². The Kier molecular flexibility index (Phi) is 43.3. The molecule has 362 valence electrons. The van der Waals surface area contributed by atoms with Crippen molar-refractivity contribution >= 4 is 17.9 Å². The Morgan fingerprint density at radius 2 is 0.855 bits per heavy atom. The highest BCUT2D eigenvalue weighted by atomic mass is 16.6. The van der Waals surface area contributed by atoms with E-state index in [1.807, 2.05) is 21.1 Å². The number of esters is 2. The fourth-order valence-corrected chi connectivity index (χ4v) is 7.73. The van der Waals surface area contributed by atoms with Gasteiger partial charge in [0.25, 0.3) is 0 Å². The number of carboxylic acid groups (broad SMARTS) is 1. The van der Waals surface area contributed by atoms with Crippen molar-refractivity contribution in [2.24, 2.45) is 0 Å². The Morgan fingerprint density at radius 3 is 1.26 bits per heavy atom. The number of carbonyl (C=O) groups is 3. The van der Waals surface area contributed by atoms with Gasteiger partial charge < -0.3 is 23.8 Å². The van der Waals surface area contributed by atoms with Crippen LogP contribution in [0.4, 0.5) is 0 Å². The molecule has 0 amide bonds. The van der Waals surface area contributed by atoms with Crippen LogP contribution in [-0.4, -0.2) is 80.6 Å². The highest BCUT2D eigenvalue weighted by Crippen LogP contribution is 2.15. The molecule has 0 spiro atoms. The van der Waals surface area contributed by atoms with Crippen molar-refractivity contribution in [2.75, 3.05) is 41.0 Å². The van der Waals surface area contributed by atoms with Crippen LogP contribution in [0.3, 0.4) is 0 Å². The van der Waals surface area contributed by atoms with Gasteiger partial charge in [-0.05, 0) is 64.2 Å².